The fourth-order valence-corrected chi connectivity index (χ4v) is 4.88. The first kappa shape index (κ1) is 19.1. The highest BCUT2D eigenvalue weighted by Crippen LogP contribution is 2.43. The lowest BCUT2D eigenvalue weighted by Crippen LogP contribution is -2.17. The van der Waals surface area contributed by atoms with Crippen molar-refractivity contribution in [2.24, 2.45) is 0 Å². The van der Waals surface area contributed by atoms with Crippen LogP contribution >= 0.6 is 0 Å². The molecule has 0 atom stereocenters. The Morgan fingerprint density at radius 1 is 0.467 bits per heavy atom. The van der Waals surface area contributed by atoms with Crippen LogP contribution in [0.25, 0.3) is 43.1 Å². The molecule has 0 fully saturated rings. The minimum atomic E-state index is 0.0561. The summed E-state index contributed by atoms with van der Waals surface area (Å²) < 4.78 is 0. The van der Waals surface area contributed by atoms with Crippen LogP contribution in [-0.4, -0.2) is 0 Å². The van der Waals surface area contributed by atoms with Crippen LogP contribution in [0.15, 0.2) is 72.8 Å². The molecule has 0 aliphatic heterocycles. The summed E-state index contributed by atoms with van der Waals surface area (Å²) in [6.07, 6.45) is 0. The van der Waals surface area contributed by atoms with Gasteiger partial charge in [0, 0.05) is 0 Å². The Labute approximate surface area is 179 Å². The third-order valence-electron chi connectivity index (χ3n) is 6.50. The summed E-state index contributed by atoms with van der Waals surface area (Å²) in [6.45, 7) is 14.0. The van der Waals surface area contributed by atoms with Gasteiger partial charge in [-0.2, -0.15) is 0 Å². The summed E-state index contributed by atoms with van der Waals surface area (Å²) in [5.41, 5.74) is 3.02. The number of benzene rings is 5. The third-order valence-corrected chi connectivity index (χ3v) is 6.50. The molecule has 5 rings (SSSR count). The Hall–Kier alpha value is -2.86. The van der Waals surface area contributed by atoms with Crippen LogP contribution in [-0.2, 0) is 10.8 Å². The van der Waals surface area contributed by atoms with Gasteiger partial charge in [0.25, 0.3) is 0 Å². The summed E-state index contributed by atoms with van der Waals surface area (Å²) in [6, 6.07) is 27.3. The third kappa shape index (κ3) is 2.82. The van der Waals surface area contributed by atoms with Gasteiger partial charge in [-0.1, -0.05) is 114 Å². The first-order valence-corrected chi connectivity index (χ1v) is 11.0. The lowest BCUT2D eigenvalue weighted by molar-refractivity contribution is 0.573. The van der Waals surface area contributed by atoms with Crippen LogP contribution in [0.1, 0.15) is 52.7 Å². The Kier molecular flexibility index (Phi) is 4.03. The van der Waals surface area contributed by atoms with E-state index in [9.17, 15) is 0 Å². The molecular weight excluding hydrogens is 360 g/mol. The van der Waals surface area contributed by atoms with E-state index < -0.39 is 0 Å². The molecule has 0 saturated heterocycles. The quantitative estimate of drug-likeness (QED) is 0.232. The highest BCUT2D eigenvalue weighted by Gasteiger charge is 2.24. The number of fused-ring (bicyclic) bond motifs is 8. The van der Waals surface area contributed by atoms with Gasteiger partial charge in [-0.05, 0) is 65.0 Å². The van der Waals surface area contributed by atoms with E-state index in [4.69, 9.17) is 0 Å². The summed E-state index contributed by atoms with van der Waals surface area (Å²) in [5.74, 6) is 0. The van der Waals surface area contributed by atoms with E-state index in [1.165, 1.54) is 54.2 Å². The molecule has 0 heteroatoms. The summed E-state index contributed by atoms with van der Waals surface area (Å²) in [5, 5.41) is 10.9. The van der Waals surface area contributed by atoms with Crippen LogP contribution in [0.5, 0.6) is 0 Å². The zero-order chi connectivity index (χ0) is 21.3. The standard InChI is InChI=1S/C30H30/c1-29(2,3)20-17-19-15-16-25-23-13-8-7-11-21(23)22-12-9-10-14-24(22)28(25)27(19)26(18-20)30(4,5)6/h7-18H,1-6H3. The van der Waals surface area contributed by atoms with E-state index in [0.717, 1.165) is 0 Å². The van der Waals surface area contributed by atoms with Gasteiger partial charge in [0.1, 0.15) is 0 Å². The van der Waals surface area contributed by atoms with Crippen molar-refractivity contribution in [1.82, 2.24) is 0 Å². The molecule has 0 heterocycles. The molecule has 30 heavy (non-hydrogen) atoms. The molecule has 0 spiro atoms. The minimum absolute atomic E-state index is 0.0561. The zero-order valence-electron chi connectivity index (χ0n) is 18.9. The van der Waals surface area contributed by atoms with Crippen molar-refractivity contribution in [3.05, 3.63) is 83.9 Å². The SMILES string of the molecule is CC(C)(C)c1cc(C(C)(C)C)c2c(ccc3c4ccccc4c4ccccc4c32)c1. The maximum absolute atomic E-state index is 2.46. The van der Waals surface area contributed by atoms with Gasteiger partial charge in [0.15, 0.2) is 0 Å². The first-order valence-electron chi connectivity index (χ1n) is 11.0. The maximum atomic E-state index is 2.46. The van der Waals surface area contributed by atoms with Crippen LogP contribution in [0.4, 0.5) is 0 Å². The topological polar surface area (TPSA) is 0 Å². The van der Waals surface area contributed by atoms with Crippen molar-refractivity contribution < 1.29 is 0 Å². The van der Waals surface area contributed by atoms with Crippen molar-refractivity contribution in [1.29, 1.82) is 0 Å². The van der Waals surface area contributed by atoms with Gasteiger partial charge in [-0.15, -0.1) is 0 Å². The van der Waals surface area contributed by atoms with Gasteiger partial charge < -0.3 is 0 Å². The van der Waals surface area contributed by atoms with Crippen molar-refractivity contribution in [2.45, 2.75) is 52.4 Å². The number of hydrogen-bond donors (Lipinski definition) is 0. The van der Waals surface area contributed by atoms with Crippen LogP contribution < -0.4 is 0 Å². The molecule has 0 aliphatic rings. The molecule has 0 nitrogen and oxygen atoms in total. The Balaban J connectivity index is 2.12. The molecule has 0 saturated carbocycles. The van der Waals surface area contributed by atoms with Gasteiger partial charge in [-0.3, -0.25) is 0 Å². The van der Waals surface area contributed by atoms with E-state index in [1.807, 2.05) is 0 Å². The van der Waals surface area contributed by atoms with Gasteiger partial charge in [0.2, 0.25) is 0 Å². The van der Waals surface area contributed by atoms with Crippen molar-refractivity contribution >= 4 is 43.1 Å². The second-order valence-corrected chi connectivity index (χ2v) is 10.7. The minimum Gasteiger partial charge on any atom is -0.0616 e. The van der Waals surface area contributed by atoms with Gasteiger partial charge >= 0.3 is 0 Å². The molecule has 0 amide bonds. The number of rotatable bonds is 0. The van der Waals surface area contributed by atoms with Gasteiger partial charge in [0.05, 0.1) is 0 Å². The lowest BCUT2D eigenvalue weighted by atomic mass is 9.76. The first-order chi connectivity index (χ1) is 14.2. The molecule has 0 unspecified atom stereocenters. The number of hydrogen-bond acceptors (Lipinski definition) is 0. The zero-order valence-corrected chi connectivity index (χ0v) is 18.9. The summed E-state index contributed by atoms with van der Waals surface area (Å²) in [4.78, 5) is 0. The van der Waals surface area contributed by atoms with Gasteiger partial charge in [-0.25, -0.2) is 0 Å². The van der Waals surface area contributed by atoms with Crippen molar-refractivity contribution in [2.75, 3.05) is 0 Å². The molecule has 5 aromatic carbocycles. The molecular formula is C30H30. The summed E-state index contributed by atoms with van der Waals surface area (Å²) >= 11 is 0. The monoisotopic (exact) mass is 390 g/mol. The predicted molar refractivity (Wildman–Crippen MR) is 134 cm³/mol. The smallest absolute Gasteiger partial charge is 0.00174 e. The van der Waals surface area contributed by atoms with E-state index in [2.05, 4.69) is 114 Å². The van der Waals surface area contributed by atoms with E-state index >= 15 is 0 Å². The molecule has 0 radical (unpaired) electrons. The normalized spacial score (nSPS) is 13.0. The fraction of sp³-hybridized carbons (Fsp3) is 0.267. The Bertz CT molecular complexity index is 1400. The van der Waals surface area contributed by atoms with Crippen LogP contribution in [0.3, 0.4) is 0 Å². The molecule has 5 aromatic rings. The summed E-state index contributed by atoms with van der Waals surface area (Å²) in [7, 11) is 0. The Morgan fingerprint density at radius 3 is 1.50 bits per heavy atom. The molecule has 0 aliphatic carbocycles. The second kappa shape index (κ2) is 6.32. The predicted octanol–water partition coefficient (Wildman–Crippen LogP) is 8.89. The van der Waals surface area contributed by atoms with Crippen molar-refractivity contribution in [3.8, 4) is 0 Å². The van der Waals surface area contributed by atoms with E-state index in [-0.39, 0.29) is 10.8 Å². The molecule has 150 valence electrons. The van der Waals surface area contributed by atoms with Crippen LogP contribution in [0, 0.1) is 0 Å². The second-order valence-electron chi connectivity index (χ2n) is 10.7. The molecule has 0 bridgehead atoms. The van der Waals surface area contributed by atoms with E-state index in [1.54, 1.807) is 0 Å². The fourth-order valence-electron chi connectivity index (χ4n) is 4.88. The highest BCUT2D eigenvalue weighted by molar-refractivity contribution is 6.31. The van der Waals surface area contributed by atoms with Crippen LogP contribution in [0.2, 0.25) is 0 Å². The largest absolute Gasteiger partial charge is 0.0616 e. The maximum Gasteiger partial charge on any atom is -0.00174 e. The van der Waals surface area contributed by atoms with Crippen molar-refractivity contribution in [3.63, 3.8) is 0 Å². The molecule has 0 N–H and O–H groups in total. The highest BCUT2D eigenvalue weighted by atomic mass is 14.3. The Morgan fingerprint density at radius 2 is 0.967 bits per heavy atom. The van der Waals surface area contributed by atoms with E-state index in [0.29, 0.717) is 0 Å². The lowest BCUT2D eigenvalue weighted by Gasteiger charge is -2.28. The average molecular weight is 391 g/mol. The molecule has 0 aromatic heterocycles. The average Bonchev–Trinajstić information content (AvgIpc) is 2.71.